The molecule has 0 unspecified atom stereocenters. The summed E-state index contributed by atoms with van der Waals surface area (Å²) in [6.07, 6.45) is 0. The van der Waals surface area contributed by atoms with Gasteiger partial charge in [-0.1, -0.05) is 18.2 Å². The predicted molar refractivity (Wildman–Crippen MR) is 46.9 cm³/mol. The number of hydrogen-bond donors (Lipinski definition) is 0. The Kier molecular flexibility index (Phi) is 1.61. The minimum absolute atomic E-state index is 0.174. The van der Waals surface area contributed by atoms with Gasteiger partial charge in [0.1, 0.15) is 0 Å². The first-order chi connectivity index (χ1) is 5.83. The Bertz CT molecular complexity index is 319. The molecular weight excluding hydrogens is 150 g/mol. The number of nitrogens with zero attached hydrogens (tertiary/aromatic N) is 1. The van der Waals surface area contributed by atoms with E-state index in [2.05, 4.69) is 0 Å². The molecule has 0 saturated carbocycles. The van der Waals surface area contributed by atoms with Crippen LogP contribution < -0.4 is 0 Å². The minimum atomic E-state index is 0.174. The van der Waals surface area contributed by atoms with E-state index in [0.29, 0.717) is 0 Å². The van der Waals surface area contributed by atoms with Crippen LogP contribution in [0.3, 0.4) is 0 Å². The van der Waals surface area contributed by atoms with Gasteiger partial charge in [0.05, 0.1) is 0 Å². The lowest BCUT2D eigenvalue weighted by molar-refractivity contribution is 0.0787. The van der Waals surface area contributed by atoms with Gasteiger partial charge in [0.25, 0.3) is 5.91 Å². The average Bonchev–Trinajstić information content (AvgIpc) is 2.44. The van der Waals surface area contributed by atoms with Crippen molar-refractivity contribution < 1.29 is 4.79 Å². The summed E-state index contributed by atoms with van der Waals surface area (Å²) < 4.78 is 0. The highest BCUT2D eigenvalue weighted by atomic mass is 16.2. The lowest BCUT2D eigenvalue weighted by Crippen LogP contribution is -2.22. The molecule has 2 nitrogen and oxygen atoms in total. The Balaban J connectivity index is 2.42. The Hall–Kier alpha value is -1.31. The number of rotatable bonds is 1. The Labute approximate surface area is 71.8 Å². The van der Waals surface area contributed by atoms with Gasteiger partial charge in [-0.05, 0) is 18.6 Å². The van der Waals surface area contributed by atoms with E-state index in [9.17, 15) is 4.79 Å². The summed E-state index contributed by atoms with van der Waals surface area (Å²) in [5.41, 5.74) is 2.03. The van der Waals surface area contributed by atoms with E-state index in [1.165, 1.54) is 0 Å². The highest BCUT2D eigenvalue weighted by Crippen LogP contribution is 2.21. The number of fused-ring (bicyclic) bond motifs is 1. The van der Waals surface area contributed by atoms with Crippen molar-refractivity contribution in [2.24, 2.45) is 0 Å². The van der Waals surface area contributed by atoms with Gasteiger partial charge in [0, 0.05) is 18.7 Å². The molecule has 0 bridgehead atoms. The first-order valence-electron chi connectivity index (χ1n) is 4.20. The van der Waals surface area contributed by atoms with Gasteiger partial charge in [-0.15, -0.1) is 0 Å². The SMILES string of the molecule is CCN1Cc2ccccc2C1=O. The van der Waals surface area contributed by atoms with Gasteiger partial charge < -0.3 is 4.90 Å². The molecule has 1 aromatic carbocycles. The van der Waals surface area contributed by atoms with Crippen LogP contribution in [0.2, 0.25) is 0 Å². The van der Waals surface area contributed by atoms with Crippen LogP contribution in [-0.2, 0) is 6.54 Å². The second-order valence-electron chi connectivity index (χ2n) is 2.98. The van der Waals surface area contributed by atoms with Gasteiger partial charge in [0.15, 0.2) is 0 Å². The van der Waals surface area contributed by atoms with Gasteiger partial charge in [-0.25, -0.2) is 0 Å². The molecule has 0 spiro atoms. The standard InChI is InChI=1S/C10H11NO/c1-2-11-7-8-5-3-4-6-9(8)10(11)12/h3-6H,2,7H2,1H3. The molecule has 1 aliphatic heterocycles. The number of amides is 1. The van der Waals surface area contributed by atoms with Gasteiger partial charge >= 0.3 is 0 Å². The zero-order chi connectivity index (χ0) is 8.55. The highest BCUT2D eigenvalue weighted by molar-refractivity contribution is 5.98. The van der Waals surface area contributed by atoms with Gasteiger partial charge in [-0.2, -0.15) is 0 Å². The van der Waals surface area contributed by atoms with E-state index >= 15 is 0 Å². The summed E-state index contributed by atoms with van der Waals surface area (Å²) in [7, 11) is 0. The third-order valence-corrected chi connectivity index (χ3v) is 2.28. The zero-order valence-electron chi connectivity index (χ0n) is 7.08. The van der Waals surface area contributed by atoms with Crippen LogP contribution in [0.5, 0.6) is 0 Å². The molecular formula is C10H11NO. The maximum absolute atomic E-state index is 11.6. The highest BCUT2D eigenvalue weighted by Gasteiger charge is 2.24. The Morgan fingerprint density at radius 1 is 1.42 bits per heavy atom. The quantitative estimate of drug-likeness (QED) is 0.613. The first-order valence-corrected chi connectivity index (χ1v) is 4.20. The second-order valence-corrected chi connectivity index (χ2v) is 2.98. The number of hydrogen-bond acceptors (Lipinski definition) is 1. The molecule has 1 aliphatic rings. The van der Waals surface area contributed by atoms with Crippen LogP contribution in [0, 0.1) is 0 Å². The summed E-state index contributed by atoms with van der Waals surface area (Å²) in [5, 5.41) is 0. The summed E-state index contributed by atoms with van der Waals surface area (Å²) in [6, 6.07) is 7.80. The molecule has 1 heterocycles. The largest absolute Gasteiger partial charge is 0.335 e. The average molecular weight is 161 g/mol. The van der Waals surface area contributed by atoms with Crippen molar-refractivity contribution in [2.75, 3.05) is 6.54 Å². The van der Waals surface area contributed by atoms with Crippen LogP contribution in [0.15, 0.2) is 24.3 Å². The molecule has 1 amide bonds. The van der Waals surface area contributed by atoms with Crippen LogP contribution in [0.4, 0.5) is 0 Å². The number of carbonyl (C=O) groups is 1. The van der Waals surface area contributed by atoms with E-state index in [0.717, 1.165) is 24.2 Å². The fraction of sp³-hybridized carbons (Fsp3) is 0.300. The topological polar surface area (TPSA) is 20.3 Å². The molecule has 0 fully saturated rings. The van der Waals surface area contributed by atoms with Crippen molar-refractivity contribution in [1.82, 2.24) is 4.90 Å². The van der Waals surface area contributed by atoms with Crippen LogP contribution >= 0.6 is 0 Å². The third-order valence-electron chi connectivity index (χ3n) is 2.28. The molecule has 12 heavy (non-hydrogen) atoms. The Morgan fingerprint density at radius 2 is 2.17 bits per heavy atom. The molecule has 2 heteroatoms. The van der Waals surface area contributed by atoms with Crippen molar-refractivity contribution in [3.05, 3.63) is 35.4 Å². The van der Waals surface area contributed by atoms with E-state index < -0.39 is 0 Å². The van der Waals surface area contributed by atoms with Gasteiger partial charge in [-0.3, -0.25) is 4.79 Å². The zero-order valence-corrected chi connectivity index (χ0v) is 7.08. The molecule has 0 saturated heterocycles. The third kappa shape index (κ3) is 0.916. The van der Waals surface area contributed by atoms with E-state index in [1.54, 1.807) is 0 Å². The maximum atomic E-state index is 11.6. The second kappa shape index (κ2) is 2.63. The first kappa shape index (κ1) is 7.35. The molecule has 2 rings (SSSR count). The number of carbonyl (C=O) groups excluding carboxylic acids is 1. The summed E-state index contributed by atoms with van der Waals surface area (Å²) in [6.45, 7) is 3.59. The van der Waals surface area contributed by atoms with Crippen molar-refractivity contribution in [3.63, 3.8) is 0 Å². The van der Waals surface area contributed by atoms with Crippen molar-refractivity contribution in [2.45, 2.75) is 13.5 Å². The molecule has 0 N–H and O–H groups in total. The fourth-order valence-corrected chi connectivity index (χ4v) is 1.57. The van der Waals surface area contributed by atoms with E-state index in [1.807, 2.05) is 36.1 Å². The lowest BCUT2D eigenvalue weighted by atomic mass is 10.1. The summed E-state index contributed by atoms with van der Waals surface area (Å²) in [4.78, 5) is 13.4. The van der Waals surface area contributed by atoms with Crippen LogP contribution in [0.1, 0.15) is 22.8 Å². The maximum Gasteiger partial charge on any atom is 0.254 e. The fourth-order valence-electron chi connectivity index (χ4n) is 1.57. The van der Waals surface area contributed by atoms with Crippen LogP contribution in [-0.4, -0.2) is 17.4 Å². The van der Waals surface area contributed by atoms with E-state index in [4.69, 9.17) is 0 Å². The molecule has 1 aromatic rings. The lowest BCUT2D eigenvalue weighted by Gasteiger charge is -2.10. The van der Waals surface area contributed by atoms with Crippen molar-refractivity contribution in [3.8, 4) is 0 Å². The predicted octanol–water partition coefficient (Wildman–Crippen LogP) is 1.66. The molecule has 0 aliphatic carbocycles. The monoisotopic (exact) mass is 161 g/mol. The Morgan fingerprint density at radius 3 is 2.83 bits per heavy atom. The summed E-state index contributed by atoms with van der Waals surface area (Å²) in [5.74, 6) is 0.174. The van der Waals surface area contributed by atoms with Crippen molar-refractivity contribution >= 4 is 5.91 Å². The van der Waals surface area contributed by atoms with Gasteiger partial charge in [0.2, 0.25) is 0 Å². The summed E-state index contributed by atoms with van der Waals surface area (Å²) >= 11 is 0. The van der Waals surface area contributed by atoms with E-state index in [-0.39, 0.29) is 5.91 Å². The molecule has 0 radical (unpaired) electrons. The molecule has 0 atom stereocenters. The van der Waals surface area contributed by atoms with Crippen LogP contribution in [0.25, 0.3) is 0 Å². The van der Waals surface area contributed by atoms with Crippen molar-refractivity contribution in [1.29, 1.82) is 0 Å². The number of benzene rings is 1. The smallest absolute Gasteiger partial charge is 0.254 e. The minimum Gasteiger partial charge on any atom is -0.335 e. The normalized spacial score (nSPS) is 15.1. The molecule has 0 aromatic heterocycles. The molecule has 62 valence electrons.